The van der Waals surface area contributed by atoms with Gasteiger partial charge in [0.25, 0.3) is 5.91 Å². The van der Waals surface area contributed by atoms with E-state index in [-0.39, 0.29) is 5.91 Å². The molecule has 0 aliphatic heterocycles. The average Bonchev–Trinajstić information content (AvgIpc) is 3.01. The first-order valence-corrected chi connectivity index (χ1v) is 8.53. The third-order valence-electron chi connectivity index (χ3n) is 4.08. The number of ether oxygens (including phenoxy) is 1. The number of amides is 2. The molecule has 2 N–H and O–H groups in total. The summed E-state index contributed by atoms with van der Waals surface area (Å²) < 4.78 is 5.17. The number of benzene rings is 1. The van der Waals surface area contributed by atoms with E-state index in [1.807, 2.05) is 0 Å². The first-order chi connectivity index (χ1) is 11.7. The van der Waals surface area contributed by atoms with Crippen LogP contribution in [-0.4, -0.2) is 23.1 Å². The molecule has 2 amide bonds. The van der Waals surface area contributed by atoms with E-state index in [1.54, 1.807) is 45.0 Å². The van der Waals surface area contributed by atoms with Gasteiger partial charge in [-0.3, -0.25) is 4.79 Å². The van der Waals surface area contributed by atoms with Gasteiger partial charge in [0.05, 0.1) is 6.07 Å². The third kappa shape index (κ3) is 5.49. The topological polar surface area (TPSA) is 91.2 Å². The minimum atomic E-state index is -0.728. The van der Waals surface area contributed by atoms with Crippen molar-refractivity contribution in [1.82, 2.24) is 10.6 Å². The van der Waals surface area contributed by atoms with Gasteiger partial charge >= 0.3 is 6.09 Å². The fourth-order valence-electron chi connectivity index (χ4n) is 2.80. The van der Waals surface area contributed by atoms with Crippen LogP contribution < -0.4 is 10.6 Å². The highest BCUT2D eigenvalue weighted by molar-refractivity contribution is 5.95. The van der Waals surface area contributed by atoms with Crippen molar-refractivity contribution in [2.45, 2.75) is 64.1 Å². The van der Waals surface area contributed by atoms with Gasteiger partial charge in [-0.15, -0.1) is 0 Å². The molecule has 0 aromatic heterocycles. The van der Waals surface area contributed by atoms with Crippen LogP contribution in [0.15, 0.2) is 24.3 Å². The van der Waals surface area contributed by atoms with Crippen LogP contribution >= 0.6 is 0 Å². The highest BCUT2D eigenvalue weighted by Crippen LogP contribution is 2.29. The lowest BCUT2D eigenvalue weighted by Crippen LogP contribution is -2.45. The molecule has 1 aromatic rings. The predicted molar refractivity (Wildman–Crippen MR) is 93.8 cm³/mol. The summed E-state index contributed by atoms with van der Waals surface area (Å²) in [4.78, 5) is 24.0. The minimum absolute atomic E-state index is 0.241. The molecule has 25 heavy (non-hydrogen) atoms. The highest BCUT2D eigenvalue weighted by Gasteiger charge is 2.35. The van der Waals surface area contributed by atoms with E-state index >= 15 is 0 Å². The Morgan fingerprint density at radius 2 is 1.80 bits per heavy atom. The number of rotatable bonds is 4. The molecule has 0 saturated heterocycles. The van der Waals surface area contributed by atoms with Crippen LogP contribution in [0.4, 0.5) is 4.79 Å². The number of nitrogens with one attached hydrogen (secondary N) is 2. The second-order valence-corrected chi connectivity index (χ2v) is 7.41. The zero-order valence-electron chi connectivity index (χ0n) is 15.0. The number of hydrogen-bond acceptors (Lipinski definition) is 4. The van der Waals surface area contributed by atoms with Gasteiger partial charge in [0, 0.05) is 12.1 Å². The summed E-state index contributed by atoms with van der Waals surface area (Å²) >= 11 is 0. The van der Waals surface area contributed by atoms with E-state index < -0.39 is 17.2 Å². The summed E-state index contributed by atoms with van der Waals surface area (Å²) in [5.74, 6) is -0.241. The first-order valence-electron chi connectivity index (χ1n) is 8.53. The van der Waals surface area contributed by atoms with Gasteiger partial charge in [-0.1, -0.05) is 12.1 Å². The zero-order chi connectivity index (χ0) is 18.5. The maximum atomic E-state index is 12.3. The van der Waals surface area contributed by atoms with Crippen LogP contribution in [0, 0.1) is 11.3 Å². The van der Waals surface area contributed by atoms with Crippen LogP contribution in [0.1, 0.15) is 62.4 Å². The van der Waals surface area contributed by atoms with E-state index in [0.29, 0.717) is 24.9 Å². The lowest BCUT2D eigenvalue weighted by Gasteiger charge is -2.22. The van der Waals surface area contributed by atoms with Crippen LogP contribution in [0.5, 0.6) is 0 Å². The van der Waals surface area contributed by atoms with Gasteiger partial charge < -0.3 is 15.4 Å². The molecule has 0 radical (unpaired) electrons. The Morgan fingerprint density at radius 1 is 1.20 bits per heavy atom. The monoisotopic (exact) mass is 343 g/mol. The third-order valence-corrected chi connectivity index (χ3v) is 4.08. The first kappa shape index (κ1) is 18.8. The molecule has 6 nitrogen and oxygen atoms in total. The smallest absolute Gasteiger partial charge is 0.407 e. The summed E-state index contributed by atoms with van der Waals surface area (Å²) in [6.45, 7) is 5.73. The number of carbonyl (C=O) groups excluding carboxylic acids is 2. The SMILES string of the molecule is CC(C)(C)OC(=O)NCc1ccc(C(=O)NC2(C#N)CCCC2)cc1. The summed E-state index contributed by atoms with van der Waals surface area (Å²) in [6, 6.07) is 9.19. The molecule has 2 rings (SSSR count). The Bertz CT molecular complexity index is 663. The fraction of sp³-hybridized carbons (Fsp3) is 0.526. The molecule has 1 saturated carbocycles. The van der Waals surface area contributed by atoms with Crippen LogP contribution in [0.3, 0.4) is 0 Å². The van der Waals surface area contributed by atoms with Gasteiger partial charge in [0.15, 0.2) is 0 Å². The number of alkyl carbamates (subject to hydrolysis) is 1. The van der Waals surface area contributed by atoms with Crippen molar-refractivity contribution in [3.05, 3.63) is 35.4 Å². The number of hydrogen-bond donors (Lipinski definition) is 2. The van der Waals surface area contributed by atoms with Gasteiger partial charge in [0.2, 0.25) is 0 Å². The number of carbonyl (C=O) groups is 2. The maximum absolute atomic E-state index is 12.3. The molecular weight excluding hydrogens is 318 g/mol. The van der Waals surface area contributed by atoms with E-state index in [4.69, 9.17) is 4.74 Å². The second kappa shape index (κ2) is 7.56. The molecule has 6 heteroatoms. The Balaban J connectivity index is 1.90. The van der Waals surface area contributed by atoms with E-state index in [1.165, 1.54) is 0 Å². The standard InChI is InChI=1S/C19H25N3O3/c1-18(2,3)25-17(24)21-12-14-6-8-15(9-7-14)16(23)22-19(13-20)10-4-5-11-19/h6-9H,4-5,10-12H2,1-3H3,(H,21,24)(H,22,23). The second-order valence-electron chi connectivity index (χ2n) is 7.41. The molecule has 1 aliphatic carbocycles. The van der Waals surface area contributed by atoms with Crippen molar-refractivity contribution in [2.24, 2.45) is 0 Å². The Kier molecular flexibility index (Phi) is 5.68. The van der Waals surface area contributed by atoms with E-state index in [2.05, 4.69) is 16.7 Å². The highest BCUT2D eigenvalue weighted by atomic mass is 16.6. The molecule has 0 heterocycles. The predicted octanol–water partition coefficient (Wildman–Crippen LogP) is 3.28. The summed E-state index contributed by atoms with van der Waals surface area (Å²) in [7, 11) is 0. The van der Waals surface area contributed by atoms with Crippen LogP contribution in [0.25, 0.3) is 0 Å². The lowest BCUT2D eigenvalue weighted by molar-refractivity contribution is 0.0523. The summed E-state index contributed by atoms with van der Waals surface area (Å²) in [6.07, 6.45) is 2.85. The fourth-order valence-corrected chi connectivity index (χ4v) is 2.80. The normalized spacial score (nSPS) is 15.9. The van der Waals surface area contributed by atoms with Crippen molar-refractivity contribution < 1.29 is 14.3 Å². The van der Waals surface area contributed by atoms with E-state index in [9.17, 15) is 14.9 Å². The maximum Gasteiger partial charge on any atom is 0.407 e. The van der Waals surface area contributed by atoms with Gasteiger partial charge in [0.1, 0.15) is 11.1 Å². The molecule has 1 fully saturated rings. The lowest BCUT2D eigenvalue weighted by atomic mass is 9.99. The van der Waals surface area contributed by atoms with Crippen molar-refractivity contribution >= 4 is 12.0 Å². The van der Waals surface area contributed by atoms with Gasteiger partial charge in [-0.2, -0.15) is 5.26 Å². The van der Waals surface area contributed by atoms with Crippen LogP contribution in [-0.2, 0) is 11.3 Å². The van der Waals surface area contributed by atoms with Crippen molar-refractivity contribution in [2.75, 3.05) is 0 Å². The Labute approximate surface area is 148 Å². The van der Waals surface area contributed by atoms with Crippen molar-refractivity contribution in [1.29, 1.82) is 5.26 Å². The molecule has 1 aliphatic rings. The Morgan fingerprint density at radius 3 is 2.32 bits per heavy atom. The molecular formula is C19H25N3O3. The quantitative estimate of drug-likeness (QED) is 0.877. The average molecular weight is 343 g/mol. The van der Waals surface area contributed by atoms with Crippen molar-refractivity contribution in [3.63, 3.8) is 0 Å². The van der Waals surface area contributed by atoms with Crippen LogP contribution in [0.2, 0.25) is 0 Å². The molecule has 0 bridgehead atoms. The van der Waals surface area contributed by atoms with Crippen molar-refractivity contribution in [3.8, 4) is 6.07 Å². The summed E-state index contributed by atoms with van der Waals surface area (Å²) in [5.41, 5.74) is 0.0950. The molecule has 0 atom stereocenters. The zero-order valence-corrected chi connectivity index (χ0v) is 15.0. The molecule has 1 aromatic carbocycles. The number of nitriles is 1. The molecule has 0 spiro atoms. The largest absolute Gasteiger partial charge is 0.444 e. The van der Waals surface area contributed by atoms with E-state index in [0.717, 1.165) is 18.4 Å². The molecule has 0 unspecified atom stereocenters. The minimum Gasteiger partial charge on any atom is -0.444 e. The molecule has 134 valence electrons. The Hall–Kier alpha value is -2.55. The van der Waals surface area contributed by atoms with Gasteiger partial charge in [-0.05, 0) is 64.2 Å². The van der Waals surface area contributed by atoms with Gasteiger partial charge in [-0.25, -0.2) is 4.79 Å². The summed E-state index contributed by atoms with van der Waals surface area (Å²) in [5, 5.41) is 14.9. The number of nitrogens with zero attached hydrogens (tertiary/aromatic N) is 1.